The molecule has 8 nitrogen and oxygen atoms in total. The van der Waals surface area contributed by atoms with Gasteiger partial charge in [0.15, 0.2) is 11.5 Å². The number of rotatable bonds is 8. The molecule has 36 heavy (non-hydrogen) atoms. The third kappa shape index (κ3) is 5.67. The Bertz CT molecular complexity index is 1400. The predicted octanol–water partition coefficient (Wildman–Crippen LogP) is 6.21. The van der Waals surface area contributed by atoms with E-state index < -0.39 is 21.9 Å². The molecule has 0 aliphatic carbocycles. The molecule has 0 spiro atoms. The van der Waals surface area contributed by atoms with Crippen molar-refractivity contribution in [1.29, 1.82) is 0 Å². The highest BCUT2D eigenvalue weighted by Crippen LogP contribution is 2.36. The standard InChI is InChI=1S/C25H18ClFN2O6S/c1-34-22-10-15(5-8-21(22)35-14-16-3-2-4-19(9-16)29(32)33)11-23-24(30)28(25(31)36-23)13-17-6-7-18(27)12-20(17)26/h2-12H,13-14H2,1H3/b23-11+. The first-order valence-corrected chi connectivity index (χ1v) is 11.7. The lowest BCUT2D eigenvalue weighted by atomic mass is 10.1. The number of nitrogens with zero attached hydrogens (tertiary/aromatic N) is 2. The highest BCUT2D eigenvalue weighted by atomic mass is 35.5. The number of thioether (sulfide) groups is 1. The zero-order valence-corrected chi connectivity index (χ0v) is 20.3. The second kappa shape index (κ2) is 10.8. The van der Waals surface area contributed by atoms with Crippen LogP contribution in [-0.4, -0.2) is 28.1 Å². The van der Waals surface area contributed by atoms with Gasteiger partial charge in [-0.3, -0.25) is 24.6 Å². The van der Waals surface area contributed by atoms with E-state index in [2.05, 4.69) is 0 Å². The van der Waals surface area contributed by atoms with Gasteiger partial charge in [0.05, 0.1) is 23.5 Å². The molecule has 3 aromatic rings. The fraction of sp³-hybridized carbons (Fsp3) is 0.120. The number of carbonyl (C=O) groups is 2. The Hall–Kier alpha value is -3.89. The van der Waals surface area contributed by atoms with Crippen molar-refractivity contribution in [2.75, 3.05) is 7.11 Å². The first-order valence-electron chi connectivity index (χ1n) is 10.5. The number of non-ortho nitro benzene ring substituents is 1. The third-order valence-corrected chi connectivity index (χ3v) is 6.48. The number of amides is 2. The molecular formula is C25H18ClFN2O6S. The van der Waals surface area contributed by atoms with Crippen molar-refractivity contribution in [3.8, 4) is 11.5 Å². The van der Waals surface area contributed by atoms with E-state index >= 15 is 0 Å². The third-order valence-electron chi connectivity index (χ3n) is 5.22. The number of benzene rings is 3. The minimum atomic E-state index is -0.510. The van der Waals surface area contributed by atoms with Gasteiger partial charge < -0.3 is 9.47 Å². The molecule has 11 heteroatoms. The van der Waals surface area contributed by atoms with Gasteiger partial charge >= 0.3 is 0 Å². The van der Waals surface area contributed by atoms with Crippen LogP contribution in [0.5, 0.6) is 11.5 Å². The highest BCUT2D eigenvalue weighted by molar-refractivity contribution is 8.18. The summed E-state index contributed by atoms with van der Waals surface area (Å²) in [6, 6.07) is 14.9. The SMILES string of the molecule is COc1cc(/C=C2/SC(=O)N(Cc3ccc(F)cc3Cl)C2=O)ccc1OCc1cccc([N+](=O)[O-])c1. The molecule has 1 saturated heterocycles. The Kier molecular flexibility index (Phi) is 7.56. The largest absolute Gasteiger partial charge is 0.493 e. The van der Waals surface area contributed by atoms with Gasteiger partial charge in [-0.25, -0.2) is 4.39 Å². The van der Waals surface area contributed by atoms with Crippen LogP contribution in [0.1, 0.15) is 16.7 Å². The summed E-state index contributed by atoms with van der Waals surface area (Å²) >= 11 is 6.83. The van der Waals surface area contributed by atoms with E-state index in [9.17, 15) is 24.1 Å². The van der Waals surface area contributed by atoms with Crippen LogP contribution >= 0.6 is 23.4 Å². The normalized spacial score (nSPS) is 14.4. The number of hydrogen-bond donors (Lipinski definition) is 0. The second-order valence-corrected chi connectivity index (χ2v) is 9.03. The molecule has 0 saturated carbocycles. The van der Waals surface area contributed by atoms with E-state index in [1.54, 1.807) is 36.4 Å². The molecule has 0 bridgehead atoms. The Morgan fingerprint density at radius 3 is 2.64 bits per heavy atom. The number of imide groups is 1. The van der Waals surface area contributed by atoms with Gasteiger partial charge in [0.1, 0.15) is 12.4 Å². The topological polar surface area (TPSA) is 99.0 Å². The van der Waals surface area contributed by atoms with Gasteiger partial charge in [0.2, 0.25) is 0 Å². The van der Waals surface area contributed by atoms with Gasteiger partial charge in [0.25, 0.3) is 16.8 Å². The monoisotopic (exact) mass is 528 g/mol. The van der Waals surface area contributed by atoms with Crippen molar-refractivity contribution < 1.29 is 28.4 Å². The minimum Gasteiger partial charge on any atom is -0.493 e. The van der Waals surface area contributed by atoms with E-state index in [0.29, 0.717) is 28.2 Å². The Morgan fingerprint density at radius 2 is 1.92 bits per heavy atom. The van der Waals surface area contributed by atoms with Crippen LogP contribution in [0.2, 0.25) is 5.02 Å². The summed E-state index contributed by atoms with van der Waals surface area (Å²) in [5.74, 6) is -0.216. The van der Waals surface area contributed by atoms with Crippen LogP contribution in [0.15, 0.2) is 65.6 Å². The number of ether oxygens (including phenoxy) is 2. The van der Waals surface area contributed by atoms with Gasteiger partial charge in [-0.15, -0.1) is 0 Å². The highest BCUT2D eigenvalue weighted by Gasteiger charge is 2.35. The number of carbonyl (C=O) groups excluding carboxylic acids is 2. The first-order chi connectivity index (χ1) is 17.2. The smallest absolute Gasteiger partial charge is 0.293 e. The maximum atomic E-state index is 13.3. The van der Waals surface area contributed by atoms with Crippen LogP contribution < -0.4 is 9.47 Å². The Balaban J connectivity index is 1.48. The van der Waals surface area contributed by atoms with Crippen LogP contribution in [-0.2, 0) is 17.9 Å². The lowest BCUT2D eigenvalue weighted by molar-refractivity contribution is -0.384. The molecular weight excluding hydrogens is 511 g/mol. The zero-order valence-electron chi connectivity index (χ0n) is 18.8. The average Bonchev–Trinajstić information content (AvgIpc) is 3.12. The van der Waals surface area contributed by atoms with Crippen molar-refractivity contribution in [1.82, 2.24) is 4.90 Å². The first kappa shape index (κ1) is 25.2. The quantitative estimate of drug-likeness (QED) is 0.195. The number of nitro benzene ring substituents is 1. The summed E-state index contributed by atoms with van der Waals surface area (Å²) in [4.78, 5) is 37.0. The molecule has 3 aromatic carbocycles. The molecule has 0 unspecified atom stereocenters. The summed E-state index contributed by atoms with van der Waals surface area (Å²) in [5.41, 5.74) is 1.63. The average molecular weight is 529 g/mol. The van der Waals surface area contributed by atoms with E-state index in [-0.39, 0.29) is 28.8 Å². The summed E-state index contributed by atoms with van der Waals surface area (Å²) in [6.07, 6.45) is 1.56. The molecule has 1 heterocycles. The molecule has 0 N–H and O–H groups in total. The van der Waals surface area contributed by atoms with Crippen LogP contribution in [0.25, 0.3) is 6.08 Å². The summed E-state index contributed by atoms with van der Waals surface area (Å²) in [5, 5.41) is 10.6. The lowest BCUT2D eigenvalue weighted by Gasteiger charge is -2.13. The van der Waals surface area contributed by atoms with E-state index in [4.69, 9.17) is 21.1 Å². The summed E-state index contributed by atoms with van der Waals surface area (Å²) < 4.78 is 24.5. The predicted molar refractivity (Wildman–Crippen MR) is 133 cm³/mol. The zero-order chi connectivity index (χ0) is 25.8. The molecule has 4 rings (SSSR count). The van der Waals surface area contributed by atoms with E-state index in [1.165, 1.54) is 31.4 Å². The van der Waals surface area contributed by atoms with Gasteiger partial charge in [-0.2, -0.15) is 0 Å². The molecule has 0 radical (unpaired) electrons. The number of halogens is 2. The van der Waals surface area contributed by atoms with Crippen LogP contribution in [0.3, 0.4) is 0 Å². The Labute approximate surface area is 214 Å². The number of hydrogen-bond acceptors (Lipinski definition) is 7. The molecule has 0 atom stereocenters. The van der Waals surface area contributed by atoms with Gasteiger partial charge in [-0.1, -0.05) is 35.9 Å². The molecule has 184 valence electrons. The molecule has 2 amide bonds. The summed E-state index contributed by atoms with van der Waals surface area (Å²) in [7, 11) is 1.46. The number of methoxy groups -OCH3 is 1. The molecule has 1 aliphatic rings. The molecule has 0 aromatic heterocycles. The fourth-order valence-corrected chi connectivity index (χ4v) is 4.49. The number of nitro groups is 1. The summed E-state index contributed by atoms with van der Waals surface area (Å²) in [6.45, 7) is 0.0110. The fourth-order valence-electron chi connectivity index (χ4n) is 3.42. The minimum absolute atomic E-state index is 0.0333. The van der Waals surface area contributed by atoms with Crippen molar-refractivity contribution in [3.05, 3.63) is 103 Å². The maximum Gasteiger partial charge on any atom is 0.293 e. The van der Waals surface area contributed by atoms with Gasteiger partial charge in [0, 0.05) is 17.2 Å². The van der Waals surface area contributed by atoms with Crippen LogP contribution in [0, 0.1) is 15.9 Å². The van der Waals surface area contributed by atoms with Crippen molar-refractivity contribution >= 4 is 46.3 Å². The van der Waals surface area contributed by atoms with E-state index in [1.807, 2.05) is 0 Å². The lowest BCUT2D eigenvalue weighted by Crippen LogP contribution is -2.27. The second-order valence-electron chi connectivity index (χ2n) is 7.63. The maximum absolute atomic E-state index is 13.3. The Morgan fingerprint density at radius 1 is 1.11 bits per heavy atom. The van der Waals surface area contributed by atoms with Crippen molar-refractivity contribution in [3.63, 3.8) is 0 Å². The van der Waals surface area contributed by atoms with Crippen molar-refractivity contribution in [2.45, 2.75) is 13.2 Å². The van der Waals surface area contributed by atoms with Crippen molar-refractivity contribution in [2.24, 2.45) is 0 Å². The molecule has 1 aliphatic heterocycles. The molecule has 1 fully saturated rings. The van der Waals surface area contributed by atoms with Gasteiger partial charge in [-0.05, 0) is 58.8 Å². The van der Waals surface area contributed by atoms with E-state index in [0.717, 1.165) is 22.7 Å². The van der Waals surface area contributed by atoms with Crippen LogP contribution in [0.4, 0.5) is 14.9 Å².